The highest BCUT2D eigenvalue weighted by Gasteiger charge is 2.15. The molecule has 0 N–H and O–H groups in total. The maximum absolute atomic E-state index is 12.5. The molecule has 2 aromatic rings. The molecule has 0 aliphatic rings. The summed E-state index contributed by atoms with van der Waals surface area (Å²) in [5, 5.41) is 7.96. The van der Waals surface area contributed by atoms with Crippen LogP contribution in [0.5, 0.6) is 0 Å². The van der Waals surface area contributed by atoms with Crippen LogP contribution in [-0.2, 0) is 0 Å². The topological polar surface area (TPSA) is 42.9 Å². The van der Waals surface area contributed by atoms with E-state index >= 15 is 0 Å². The van der Waals surface area contributed by atoms with Crippen LogP contribution in [-0.4, -0.2) is 16.0 Å². The van der Waals surface area contributed by atoms with Crippen LogP contribution in [0.4, 0.5) is 0 Å². The van der Waals surface area contributed by atoms with Crippen LogP contribution in [0, 0.1) is 27.7 Å². The minimum Gasteiger partial charge on any atom is -0.289 e. The third-order valence-corrected chi connectivity index (χ3v) is 2.98. The summed E-state index contributed by atoms with van der Waals surface area (Å²) in [6.45, 7) is 7.58. The van der Waals surface area contributed by atoms with Crippen LogP contribution >= 0.6 is 0 Å². The molecule has 0 radical (unpaired) electrons. The van der Waals surface area contributed by atoms with Crippen LogP contribution < -0.4 is 0 Å². The smallest absolute Gasteiger partial charge is 0.195 e. The number of ketones is 1. The number of nitrogens with zero attached hydrogens (tertiary/aromatic N) is 2. The molecule has 0 saturated heterocycles. The molecule has 0 aliphatic carbocycles. The second-order valence-electron chi connectivity index (χ2n) is 4.63. The monoisotopic (exact) mass is 240 g/mol. The number of rotatable bonds is 2. The van der Waals surface area contributed by atoms with Gasteiger partial charge in [0.1, 0.15) is 0 Å². The van der Waals surface area contributed by atoms with E-state index in [-0.39, 0.29) is 5.78 Å². The maximum atomic E-state index is 12.5. The molecule has 1 aromatic carbocycles. The second kappa shape index (κ2) is 4.69. The van der Waals surface area contributed by atoms with Gasteiger partial charge in [-0.2, -0.15) is 10.2 Å². The van der Waals surface area contributed by atoms with Crippen molar-refractivity contribution in [2.45, 2.75) is 27.7 Å². The minimum absolute atomic E-state index is 0.0201. The summed E-state index contributed by atoms with van der Waals surface area (Å²) in [6, 6.07) is 7.70. The van der Waals surface area contributed by atoms with Crippen LogP contribution in [0.3, 0.4) is 0 Å². The zero-order valence-electron chi connectivity index (χ0n) is 11.1. The third-order valence-electron chi connectivity index (χ3n) is 2.98. The molecule has 0 fully saturated rings. The molecule has 2 rings (SSSR count). The summed E-state index contributed by atoms with van der Waals surface area (Å²) in [5.41, 5.74) is 4.88. The van der Waals surface area contributed by atoms with E-state index in [1.165, 1.54) is 0 Å². The molecule has 0 atom stereocenters. The van der Waals surface area contributed by atoms with Gasteiger partial charge in [0.05, 0.1) is 11.4 Å². The first-order valence-electron chi connectivity index (χ1n) is 5.92. The Balaban J connectivity index is 2.54. The molecule has 0 aliphatic heterocycles. The Labute approximate surface area is 107 Å². The van der Waals surface area contributed by atoms with Crippen LogP contribution in [0.15, 0.2) is 24.3 Å². The molecule has 0 unspecified atom stereocenters. The van der Waals surface area contributed by atoms with Gasteiger partial charge in [-0.1, -0.05) is 17.7 Å². The predicted molar refractivity (Wildman–Crippen MR) is 70.9 cm³/mol. The Hall–Kier alpha value is -2.03. The number of carbonyl (C=O) groups excluding carboxylic acids is 1. The van der Waals surface area contributed by atoms with Gasteiger partial charge in [-0.25, -0.2) is 0 Å². The van der Waals surface area contributed by atoms with Gasteiger partial charge in [0, 0.05) is 11.1 Å². The Bertz CT molecular complexity index is 564. The normalized spacial score (nSPS) is 10.4. The highest BCUT2D eigenvalue weighted by Crippen LogP contribution is 2.17. The Morgan fingerprint density at radius 2 is 1.67 bits per heavy atom. The number of benzene rings is 1. The number of aryl methyl sites for hydroxylation is 4. The van der Waals surface area contributed by atoms with Gasteiger partial charge < -0.3 is 0 Å². The van der Waals surface area contributed by atoms with Crippen molar-refractivity contribution in [1.29, 1.82) is 0 Å². The highest BCUT2D eigenvalue weighted by molar-refractivity contribution is 6.10. The summed E-state index contributed by atoms with van der Waals surface area (Å²) >= 11 is 0. The van der Waals surface area contributed by atoms with E-state index < -0.39 is 0 Å². The van der Waals surface area contributed by atoms with Crippen LogP contribution in [0.1, 0.15) is 38.4 Å². The van der Waals surface area contributed by atoms with E-state index in [4.69, 9.17) is 0 Å². The molecular weight excluding hydrogens is 224 g/mol. The van der Waals surface area contributed by atoms with Crippen molar-refractivity contribution in [3.63, 3.8) is 0 Å². The van der Waals surface area contributed by atoms with Crippen molar-refractivity contribution in [3.8, 4) is 0 Å². The number of hydrogen-bond acceptors (Lipinski definition) is 3. The lowest BCUT2D eigenvalue weighted by Gasteiger charge is -2.08. The predicted octanol–water partition coefficient (Wildman–Crippen LogP) is 2.94. The molecule has 0 spiro atoms. The van der Waals surface area contributed by atoms with Crippen molar-refractivity contribution in [2.75, 3.05) is 0 Å². The van der Waals surface area contributed by atoms with Gasteiger partial charge in [-0.15, -0.1) is 0 Å². The van der Waals surface area contributed by atoms with Gasteiger partial charge >= 0.3 is 0 Å². The Morgan fingerprint density at radius 3 is 2.39 bits per heavy atom. The van der Waals surface area contributed by atoms with E-state index in [0.29, 0.717) is 11.3 Å². The van der Waals surface area contributed by atoms with Crippen molar-refractivity contribution < 1.29 is 4.79 Å². The average molecular weight is 240 g/mol. The summed E-state index contributed by atoms with van der Waals surface area (Å²) < 4.78 is 0. The molecule has 1 heterocycles. The first-order chi connectivity index (χ1) is 8.49. The van der Waals surface area contributed by atoms with E-state index in [1.807, 2.05) is 45.9 Å². The molecule has 18 heavy (non-hydrogen) atoms. The summed E-state index contributed by atoms with van der Waals surface area (Å²) in [6.07, 6.45) is 0. The fraction of sp³-hybridized carbons (Fsp3) is 0.267. The molecule has 3 heteroatoms. The Kier molecular flexibility index (Phi) is 3.24. The quantitative estimate of drug-likeness (QED) is 0.758. The molecule has 3 nitrogen and oxygen atoms in total. The fourth-order valence-corrected chi connectivity index (χ4v) is 1.91. The summed E-state index contributed by atoms with van der Waals surface area (Å²) in [4.78, 5) is 12.5. The molecule has 0 bridgehead atoms. The number of hydrogen-bond donors (Lipinski definition) is 0. The van der Waals surface area contributed by atoms with Crippen molar-refractivity contribution in [3.05, 3.63) is 57.9 Å². The van der Waals surface area contributed by atoms with Crippen molar-refractivity contribution in [1.82, 2.24) is 10.2 Å². The second-order valence-corrected chi connectivity index (χ2v) is 4.63. The van der Waals surface area contributed by atoms with Crippen molar-refractivity contribution in [2.24, 2.45) is 0 Å². The van der Waals surface area contributed by atoms with Gasteiger partial charge in [-0.05, 0) is 45.4 Å². The van der Waals surface area contributed by atoms with E-state index in [9.17, 15) is 4.79 Å². The first kappa shape index (κ1) is 12.4. The van der Waals surface area contributed by atoms with Crippen LogP contribution in [0.25, 0.3) is 0 Å². The van der Waals surface area contributed by atoms with E-state index in [2.05, 4.69) is 10.2 Å². The SMILES string of the molecule is Cc1ccc(C)c(C(=O)c2cc(C)nnc2C)c1. The van der Waals surface area contributed by atoms with Gasteiger partial charge in [0.15, 0.2) is 5.78 Å². The van der Waals surface area contributed by atoms with Gasteiger partial charge in [0.2, 0.25) is 0 Å². The van der Waals surface area contributed by atoms with Gasteiger partial charge in [0.25, 0.3) is 0 Å². The van der Waals surface area contributed by atoms with Crippen molar-refractivity contribution >= 4 is 5.78 Å². The van der Waals surface area contributed by atoms with E-state index in [1.54, 1.807) is 6.07 Å². The Morgan fingerprint density at radius 1 is 0.944 bits per heavy atom. The summed E-state index contributed by atoms with van der Waals surface area (Å²) in [7, 11) is 0. The largest absolute Gasteiger partial charge is 0.289 e. The molecule has 92 valence electrons. The molecular formula is C15H16N2O. The third kappa shape index (κ3) is 2.30. The zero-order valence-corrected chi connectivity index (χ0v) is 11.1. The zero-order chi connectivity index (χ0) is 13.3. The fourth-order valence-electron chi connectivity index (χ4n) is 1.91. The first-order valence-corrected chi connectivity index (χ1v) is 5.92. The lowest BCUT2D eigenvalue weighted by atomic mass is 9.96. The standard InChI is InChI=1S/C15H16N2O/c1-9-5-6-10(2)13(7-9)15(18)14-8-11(3)16-17-12(14)4/h5-8H,1-4H3. The van der Waals surface area contributed by atoms with Crippen LogP contribution in [0.2, 0.25) is 0 Å². The number of aromatic nitrogens is 2. The lowest BCUT2D eigenvalue weighted by Crippen LogP contribution is -2.09. The molecule has 1 aromatic heterocycles. The maximum Gasteiger partial charge on any atom is 0.195 e. The summed E-state index contributed by atoms with van der Waals surface area (Å²) in [5.74, 6) is 0.0201. The lowest BCUT2D eigenvalue weighted by molar-refractivity contribution is 0.103. The average Bonchev–Trinajstić information content (AvgIpc) is 2.34. The number of carbonyl (C=O) groups is 1. The van der Waals surface area contributed by atoms with Gasteiger partial charge in [-0.3, -0.25) is 4.79 Å². The molecule has 0 saturated carbocycles. The highest BCUT2D eigenvalue weighted by atomic mass is 16.1. The molecule has 0 amide bonds. The van der Waals surface area contributed by atoms with E-state index in [0.717, 1.165) is 22.4 Å². The minimum atomic E-state index is 0.0201.